The summed E-state index contributed by atoms with van der Waals surface area (Å²) in [5.41, 5.74) is 3.83. The van der Waals surface area contributed by atoms with Gasteiger partial charge in [0.1, 0.15) is 11.4 Å². The molecule has 156 valence electrons. The highest BCUT2D eigenvalue weighted by Gasteiger charge is 2.42. The third kappa shape index (κ3) is 3.59. The van der Waals surface area contributed by atoms with Gasteiger partial charge in [0.15, 0.2) is 0 Å². The number of nitrogens with zero attached hydrogens (tertiary/aromatic N) is 2. The maximum Gasteiger partial charge on any atom is 0.278 e. The zero-order valence-corrected chi connectivity index (χ0v) is 17.4. The number of fused-ring (bicyclic) bond motifs is 1. The van der Waals surface area contributed by atoms with Crippen molar-refractivity contribution >= 4 is 23.1 Å². The van der Waals surface area contributed by atoms with Crippen LogP contribution in [-0.2, 0) is 20.7 Å². The molecule has 0 N–H and O–H groups in total. The fraction of sp³-hybridized carbons (Fsp3) is 0.333. The van der Waals surface area contributed by atoms with Crippen molar-refractivity contribution < 1.29 is 19.1 Å². The first-order valence-corrected chi connectivity index (χ1v) is 10.3. The summed E-state index contributed by atoms with van der Waals surface area (Å²) in [5.74, 6) is 0.250. The molecule has 0 fully saturated rings. The summed E-state index contributed by atoms with van der Waals surface area (Å²) in [5, 5.41) is 0. The summed E-state index contributed by atoms with van der Waals surface area (Å²) >= 11 is 0. The van der Waals surface area contributed by atoms with Crippen molar-refractivity contribution in [3.8, 4) is 5.75 Å². The minimum Gasteiger partial charge on any atom is -0.494 e. The number of hydrogen-bond acceptors (Lipinski definition) is 5. The molecule has 0 unspecified atom stereocenters. The van der Waals surface area contributed by atoms with Gasteiger partial charge in [-0.3, -0.25) is 14.5 Å². The van der Waals surface area contributed by atoms with Crippen LogP contribution in [0.15, 0.2) is 54.2 Å². The van der Waals surface area contributed by atoms with Gasteiger partial charge in [-0.25, -0.2) is 0 Å². The Bertz CT molecular complexity index is 981. The first-order chi connectivity index (χ1) is 14.7. The molecule has 4 rings (SSSR count). The normalized spacial score (nSPS) is 15.9. The molecule has 0 bridgehead atoms. The van der Waals surface area contributed by atoms with E-state index in [2.05, 4.69) is 6.07 Å². The highest BCUT2D eigenvalue weighted by Crippen LogP contribution is 2.38. The molecule has 6 heteroatoms. The lowest BCUT2D eigenvalue weighted by Gasteiger charge is -2.21. The predicted molar refractivity (Wildman–Crippen MR) is 115 cm³/mol. The number of para-hydroxylation sites is 1. The summed E-state index contributed by atoms with van der Waals surface area (Å²) in [4.78, 5) is 30.1. The number of carbonyl (C=O) groups is 2. The van der Waals surface area contributed by atoms with Gasteiger partial charge in [-0.15, -0.1) is 0 Å². The summed E-state index contributed by atoms with van der Waals surface area (Å²) < 4.78 is 10.6. The van der Waals surface area contributed by atoms with Gasteiger partial charge in [-0.2, -0.15) is 0 Å². The first-order valence-electron chi connectivity index (χ1n) is 10.3. The largest absolute Gasteiger partial charge is 0.494 e. The Labute approximate surface area is 176 Å². The Morgan fingerprint density at radius 3 is 2.50 bits per heavy atom. The van der Waals surface area contributed by atoms with Crippen LogP contribution in [0.5, 0.6) is 5.75 Å². The van der Waals surface area contributed by atoms with Crippen LogP contribution in [0, 0.1) is 0 Å². The molecule has 0 saturated heterocycles. The molecule has 2 heterocycles. The van der Waals surface area contributed by atoms with Gasteiger partial charge < -0.3 is 14.4 Å². The second-order valence-electron chi connectivity index (χ2n) is 7.32. The fourth-order valence-electron chi connectivity index (χ4n) is 4.10. The van der Waals surface area contributed by atoms with Gasteiger partial charge in [0.05, 0.1) is 12.2 Å². The van der Waals surface area contributed by atoms with Gasteiger partial charge >= 0.3 is 0 Å². The number of benzene rings is 2. The lowest BCUT2D eigenvalue weighted by atomic mass is 10.0. The lowest BCUT2D eigenvalue weighted by Crippen LogP contribution is -2.36. The third-order valence-corrected chi connectivity index (χ3v) is 5.48. The molecule has 0 aliphatic carbocycles. The Morgan fingerprint density at radius 2 is 1.77 bits per heavy atom. The van der Waals surface area contributed by atoms with Crippen LogP contribution >= 0.6 is 0 Å². The summed E-state index contributed by atoms with van der Waals surface area (Å²) in [6, 6.07) is 15.4. The highest BCUT2D eigenvalue weighted by molar-refractivity contribution is 6.36. The molecule has 2 aliphatic heterocycles. The van der Waals surface area contributed by atoms with Crippen LogP contribution in [0.2, 0.25) is 0 Å². The molecule has 2 aromatic rings. The Balaban J connectivity index is 1.76. The molecule has 0 atom stereocenters. The molecule has 0 radical (unpaired) electrons. The van der Waals surface area contributed by atoms with Crippen molar-refractivity contribution in [2.45, 2.75) is 19.8 Å². The molecule has 6 nitrogen and oxygen atoms in total. The molecular formula is C24H26N2O4. The summed E-state index contributed by atoms with van der Waals surface area (Å²) in [7, 11) is 1.61. The van der Waals surface area contributed by atoms with Gasteiger partial charge in [0.2, 0.25) is 0 Å². The van der Waals surface area contributed by atoms with Crippen LogP contribution in [0.3, 0.4) is 0 Å². The quantitative estimate of drug-likeness (QED) is 0.498. The second kappa shape index (κ2) is 8.71. The summed E-state index contributed by atoms with van der Waals surface area (Å²) in [6.07, 6.45) is 1.45. The van der Waals surface area contributed by atoms with Gasteiger partial charge in [0.25, 0.3) is 11.8 Å². The number of hydrogen-bond donors (Lipinski definition) is 0. The Hall–Kier alpha value is -3.12. The van der Waals surface area contributed by atoms with Crippen LogP contribution in [-0.4, -0.2) is 50.1 Å². The minimum atomic E-state index is -0.250. The first kappa shape index (κ1) is 20.2. The molecule has 2 aromatic carbocycles. The van der Waals surface area contributed by atoms with E-state index in [9.17, 15) is 9.59 Å². The van der Waals surface area contributed by atoms with E-state index in [1.165, 1.54) is 10.5 Å². The highest BCUT2D eigenvalue weighted by atomic mass is 16.5. The minimum absolute atomic E-state index is 0.239. The van der Waals surface area contributed by atoms with E-state index < -0.39 is 0 Å². The van der Waals surface area contributed by atoms with E-state index in [1.807, 2.05) is 54.3 Å². The van der Waals surface area contributed by atoms with Crippen LogP contribution < -0.4 is 9.64 Å². The maximum absolute atomic E-state index is 13.4. The van der Waals surface area contributed by atoms with E-state index in [-0.39, 0.29) is 11.8 Å². The second-order valence-corrected chi connectivity index (χ2v) is 7.32. The van der Waals surface area contributed by atoms with Crippen molar-refractivity contribution in [2.24, 2.45) is 0 Å². The summed E-state index contributed by atoms with van der Waals surface area (Å²) in [6.45, 7) is 4.02. The molecular weight excluding hydrogens is 380 g/mol. The number of rotatable bonds is 8. The molecule has 0 aromatic heterocycles. The van der Waals surface area contributed by atoms with Crippen molar-refractivity contribution in [3.63, 3.8) is 0 Å². The fourth-order valence-corrected chi connectivity index (χ4v) is 4.10. The number of ether oxygens (including phenoxy) is 2. The Morgan fingerprint density at radius 1 is 1.00 bits per heavy atom. The van der Waals surface area contributed by atoms with Crippen molar-refractivity contribution in [1.82, 2.24) is 4.90 Å². The van der Waals surface area contributed by atoms with E-state index in [4.69, 9.17) is 9.47 Å². The maximum atomic E-state index is 13.4. The number of carbonyl (C=O) groups excluding carboxylic acids is 2. The number of anilines is 1. The number of methoxy groups -OCH3 is 1. The average Bonchev–Trinajstić information content (AvgIpc) is 3.28. The van der Waals surface area contributed by atoms with Crippen molar-refractivity contribution in [2.75, 3.05) is 38.3 Å². The van der Waals surface area contributed by atoms with Crippen molar-refractivity contribution in [1.29, 1.82) is 0 Å². The van der Waals surface area contributed by atoms with E-state index >= 15 is 0 Å². The number of amides is 2. The molecule has 2 amide bonds. The average molecular weight is 406 g/mol. The SMILES string of the molecule is CCOc1ccc(C2=C(N3CCc4ccccc43)C(=O)N(CCCOC)C2=O)cc1. The molecule has 2 aliphatic rings. The van der Waals surface area contributed by atoms with Crippen molar-refractivity contribution in [3.05, 3.63) is 65.4 Å². The topological polar surface area (TPSA) is 59.1 Å². The standard InChI is InChI=1S/C24H26N2O4/c1-3-30-19-11-9-18(10-12-19)21-22(24(28)26(23(21)27)14-6-16-29-2)25-15-13-17-7-4-5-8-20(17)25/h4-5,7-12H,3,6,13-16H2,1-2H3. The molecule has 0 spiro atoms. The predicted octanol–water partition coefficient (Wildman–Crippen LogP) is 3.26. The van der Waals surface area contributed by atoms with Gasteiger partial charge in [-0.1, -0.05) is 30.3 Å². The van der Waals surface area contributed by atoms with Gasteiger partial charge in [-0.05, 0) is 49.1 Å². The monoisotopic (exact) mass is 406 g/mol. The zero-order chi connectivity index (χ0) is 21.1. The van der Waals surface area contributed by atoms with E-state index in [1.54, 1.807) is 7.11 Å². The van der Waals surface area contributed by atoms with Crippen LogP contribution in [0.4, 0.5) is 5.69 Å². The van der Waals surface area contributed by atoms with E-state index in [0.29, 0.717) is 44.0 Å². The lowest BCUT2D eigenvalue weighted by molar-refractivity contribution is -0.137. The van der Waals surface area contributed by atoms with Gasteiger partial charge in [0, 0.05) is 32.5 Å². The third-order valence-electron chi connectivity index (χ3n) is 5.48. The molecule has 30 heavy (non-hydrogen) atoms. The molecule has 0 saturated carbocycles. The van der Waals surface area contributed by atoms with E-state index in [0.717, 1.165) is 23.4 Å². The smallest absolute Gasteiger partial charge is 0.278 e. The van der Waals surface area contributed by atoms with Crippen LogP contribution in [0.1, 0.15) is 24.5 Å². The number of imide groups is 1. The Kier molecular flexibility index (Phi) is 5.86. The van der Waals surface area contributed by atoms with Crippen LogP contribution in [0.25, 0.3) is 5.57 Å². The zero-order valence-electron chi connectivity index (χ0n) is 17.4.